The molecule has 1 N–H and O–H groups in total. The number of furan rings is 1. The lowest BCUT2D eigenvalue weighted by Gasteiger charge is -2.16. The average Bonchev–Trinajstić information content (AvgIpc) is 3.60. The minimum absolute atomic E-state index is 0.129. The quantitative estimate of drug-likeness (QED) is 0.185. The van der Waals surface area contributed by atoms with Crippen molar-refractivity contribution >= 4 is 43.5 Å². The number of aromatic hydroxyl groups is 1. The summed E-state index contributed by atoms with van der Waals surface area (Å²) in [4.78, 5) is 15.3. The van der Waals surface area contributed by atoms with Crippen LogP contribution in [0.15, 0.2) is 174 Å². The first-order valence-electron chi connectivity index (χ1n) is 17.2. The van der Waals surface area contributed by atoms with Gasteiger partial charge in [-0.3, -0.25) is 0 Å². The van der Waals surface area contributed by atoms with E-state index in [0.717, 1.165) is 55.1 Å². The summed E-state index contributed by atoms with van der Waals surface area (Å²) in [5.41, 5.74) is 7.30. The molecule has 5 heteroatoms. The van der Waals surface area contributed by atoms with Gasteiger partial charge in [-0.2, -0.15) is 0 Å². The van der Waals surface area contributed by atoms with Gasteiger partial charge in [-0.1, -0.05) is 140 Å². The number of benzene rings is 8. The maximum atomic E-state index is 12.0. The van der Waals surface area contributed by atoms with Gasteiger partial charge in [0, 0.05) is 33.0 Å². The van der Waals surface area contributed by atoms with Gasteiger partial charge in [-0.25, -0.2) is 15.0 Å². The van der Waals surface area contributed by atoms with Crippen LogP contribution in [0, 0.1) is 0 Å². The van der Waals surface area contributed by atoms with Crippen LogP contribution in [0.25, 0.3) is 99.9 Å². The van der Waals surface area contributed by atoms with Gasteiger partial charge in [-0.15, -0.1) is 0 Å². The van der Waals surface area contributed by atoms with Gasteiger partial charge >= 0.3 is 0 Å². The number of fused-ring (bicyclic) bond motifs is 6. The molecule has 2 aromatic heterocycles. The topological polar surface area (TPSA) is 72.0 Å². The Balaban J connectivity index is 1.24. The zero-order chi connectivity index (χ0) is 34.6. The van der Waals surface area contributed by atoms with Gasteiger partial charge < -0.3 is 9.52 Å². The maximum absolute atomic E-state index is 12.0. The molecule has 0 amide bonds. The minimum atomic E-state index is 0.129. The summed E-state index contributed by atoms with van der Waals surface area (Å²) >= 11 is 0. The predicted molar refractivity (Wildman–Crippen MR) is 211 cm³/mol. The highest BCUT2D eigenvalue weighted by atomic mass is 16.3. The van der Waals surface area contributed by atoms with Gasteiger partial charge in [0.25, 0.3) is 0 Å². The third-order valence-corrected chi connectivity index (χ3v) is 9.81. The molecule has 2 heterocycles. The Morgan fingerprint density at radius 2 is 1.02 bits per heavy atom. The monoisotopic (exact) mass is 667 g/mol. The normalized spacial score (nSPS) is 11.5. The molecular formula is C47H29N3O2. The molecule has 5 nitrogen and oxygen atoms in total. The summed E-state index contributed by atoms with van der Waals surface area (Å²) in [6.45, 7) is 0. The highest BCUT2D eigenvalue weighted by molar-refractivity contribution is 6.13. The molecule has 0 atom stereocenters. The Bertz CT molecular complexity index is 2970. The van der Waals surface area contributed by atoms with E-state index in [1.807, 2.05) is 97.1 Å². The molecule has 0 unspecified atom stereocenters. The summed E-state index contributed by atoms with van der Waals surface area (Å²) in [6.07, 6.45) is 0. The lowest BCUT2D eigenvalue weighted by atomic mass is 9.91. The van der Waals surface area contributed by atoms with Gasteiger partial charge in [0.05, 0.1) is 0 Å². The van der Waals surface area contributed by atoms with E-state index in [0.29, 0.717) is 28.6 Å². The molecule has 10 rings (SSSR count). The van der Waals surface area contributed by atoms with Crippen LogP contribution in [-0.2, 0) is 0 Å². The number of hydrogen-bond acceptors (Lipinski definition) is 5. The molecule has 8 aromatic carbocycles. The molecule has 0 aliphatic heterocycles. The molecule has 0 aliphatic carbocycles. The third-order valence-electron chi connectivity index (χ3n) is 9.81. The summed E-state index contributed by atoms with van der Waals surface area (Å²) in [6, 6.07) is 57.0. The largest absolute Gasteiger partial charge is 0.507 e. The molecular weight excluding hydrogens is 639 g/mol. The highest BCUT2D eigenvalue weighted by Crippen LogP contribution is 2.44. The van der Waals surface area contributed by atoms with E-state index in [-0.39, 0.29) is 5.75 Å². The summed E-state index contributed by atoms with van der Waals surface area (Å²) in [7, 11) is 0. The number of phenolic OH excluding ortho intramolecular Hbond substituents is 1. The molecule has 52 heavy (non-hydrogen) atoms. The van der Waals surface area contributed by atoms with E-state index >= 15 is 0 Å². The van der Waals surface area contributed by atoms with Crippen molar-refractivity contribution in [3.63, 3.8) is 0 Å². The van der Waals surface area contributed by atoms with Crippen LogP contribution in [0.3, 0.4) is 0 Å². The Kier molecular flexibility index (Phi) is 6.89. The Labute approximate surface area is 299 Å². The second-order valence-corrected chi connectivity index (χ2v) is 13.0. The molecule has 10 aromatic rings. The van der Waals surface area contributed by atoms with Crippen molar-refractivity contribution < 1.29 is 9.52 Å². The second-order valence-electron chi connectivity index (χ2n) is 13.0. The first kappa shape index (κ1) is 29.8. The SMILES string of the molecule is Oc1cc(-c2cccc3oc4ccccc4c23)cc(-c2nc(-c3ccccc3)nc(-c3ccc4c(ccc5ccccc54)c3)n2)c1-c1ccccc1. The summed E-state index contributed by atoms with van der Waals surface area (Å²) in [5.74, 6) is 1.68. The van der Waals surface area contributed by atoms with Crippen LogP contribution < -0.4 is 0 Å². The molecule has 0 saturated carbocycles. The van der Waals surface area contributed by atoms with Crippen LogP contribution in [-0.4, -0.2) is 20.1 Å². The van der Waals surface area contributed by atoms with Crippen molar-refractivity contribution in [3.8, 4) is 62.2 Å². The fourth-order valence-electron chi connectivity index (χ4n) is 7.38. The zero-order valence-corrected chi connectivity index (χ0v) is 27.9. The highest BCUT2D eigenvalue weighted by Gasteiger charge is 2.22. The number of para-hydroxylation sites is 1. The van der Waals surface area contributed by atoms with Crippen molar-refractivity contribution in [2.45, 2.75) is 0 Å². The summed E-state index contributed by atoms with van der Waals surface area (Å²) < 4.78 is 6.24. The standard InChI is InChI=1S/C47H29N3O2/c51-40-28-34(37-19-11-21-42-44(37)38-18-9-10-20-41(38)52-42)27-39(43(40)30-13-3-1-4-14-30)47-49-45(31-15-5-2-6-16-31)48-46(50-47)33-24-25-36-32(26-33)23-22-29-12-7-8-17-35(29)36/h1-28,51H. The van der Waals surface area contributed by atoms with E-state index in [9.17, 15) is 5.11 Å². The Morgan fingerprint density at radius 3 is 1.85 bits per heavy atom. The van der Waals surface area contributed by atoms with Gasteiger partial charge in [0.1, 0.15) is 16.9 Å². The fourth-order valence-corrected chi connectivity index (χ4v) is 7.38. The number of aromatic nitrogens is 3. The number of phenols is 1. The molecule has 0 radical (unpaired) electrons. The van der Waals surface area contributed by atoms with Crippen LogP contribution >= 0.6 is 0 Å². The Morgan fingerprint density at radius 1 is 0.385 bits per heavy atom. The van der Waals surface area contributed by atoms with Crippen molar-refractivity contribution in [1.82, 2.24) is 15.0 Å². The number of hydrogen-bond donors (Lipinski definition) is 1. The molecule has 0 spiro atoms. The van der Waals surface area contributed by atoms with E-state index in [4.69, 9.17) is 19.4 Å². The molecule has 0 bridgehead atoms. The Hall–Kier alpha value is -7.11. The van der Waals surface area contributed by atoms with Crippen molar-refractivity contribution in [3.05, 3.63) is 170 Å². The fraction of sp³-hybridized carbons (Fsp3) is 0. The van der Waals surface area contributed by atoms with E-state index in [1.54, 1.807) is 0 Å². The maximum Gasteiger partial charge on any atom is 0.164 e. The lowest BCUT2D eigenvalue weighted by Crippen LogP contribution is -2.01. The van der Waals surface area contributed by atoms with Crippen molar-refractivity contribution in [2.24, 2.45) is 0 Å². The van der Waals surface area contributed by atoms with Crippen LogP contribution in [0.2, 0.25) is 0 Å². The van der Waals surface area contributed by atoms with Crippen LogP contribution in [0.5, 0.6) is 5.75 Å². The van der Waals surface area contributed by atoms with Crippen molar-refractivity contribution in [2.75, 3.05) is 0 Å². The first-order valence-corrected chi connectivity index (χ1v) is 17.2. The van der Waals surface area contributed by atoms with E-state index < -0.39 is 0 Å². The number of rotatable bonds is 5. The van der Waals surface area contributed by atoms with Crippen LogP contribution in [0.1, 0.15) is 0 Å². The smallest absolute Gasteiger partial charge is 0.164 e. The molecule has 0 fully saturated rings. The lowest BCUT2D eigenvalue weighted by molar-refractivity contribution is 0.478. The molecule has 0 saturated heterocycles. The zero-order valence-electron chi connectivity index (χ0n) is 27.9. The second kappa shape index (κ2) is 12.0. The molecule has 244 valence electrons. The van der Waals surface area contributed by atoms with Gasteiger partial charge in [0.2, 0.25) is 0 Å². The molecule has 0 aliphatic rings. The predicted octanol–water partition coefficient (Wildman–Crippen LogP) is 12.1. The summed E-state index contributed by atoms with van der Waals surface area (Å²) in [5, 5.41) is 18.6. The van der Waals surface area contributed by atoms with Gasteiger partial charge in [0.15, 0.2) is 17.5 Å². The van der Waals surface area contributed by atoms with Gasteiger partial charge in [-0.05, 0) is 68.6 Å². The van der Waals surface area contributed by atoms with E-state index in [2.05, 4.69) is 72.8 Å². The minimum Gasteiger partial charge on any atom is -0.507 e. The first-order chi connectivity index (χ1) is 25.7. The van der Waals surface area contributed by atoms with Crippen molar-refractivity contribution in [1.29, 1.82) is 0 Å². The average molecular weight is 668 g/mol. The van der Waals surface area contributed by atoms with Crippen LogP contribution in [0.4, 0.5) is 0 Å². The van der Waals surface area contributed by atoms with E-state index in [1.165, 1.54) is 16.2 Å². The third kappa shape index (κ3) is 4.98. The number of nitrogens with zero attached hydrogens (tertiary/aromatic N) is 3.